The first kappa shape index (κ1) is 15.8. The topological polar surface area (TPSA) is 30.5 Å². The van der Waals surface area contributed by atoms with Gasteiger partial charge in [-0.15, -0.1) is 0 Å². The number of rotatable bonds is 5. The lowest BCUT2D eigenvalue weighted by molar-refractivity contribution is 0.395. The van der Waals surface area contributed by atoms with Crippen LogP contribution in [0.2, 0.25) is 10.0 Å². The van der Waals surface area contributed by atoms with Crippen LogP contribution in [-0.2, 0) is 6.54 Å². The Kier molecular flexibility index (Phi) is 5.21. The molecule has 21 heavy (non-hydrogen) atoms. The summed E-state index contributed by atoms with van der Waals surface area (Å²) in [6, 6.07) is 9.52. The van der Waals surface area contributed by atoms with Crippen LogP contribution in [0, 0.1) is 6.92 Å². The standard InChI is InChI=1S/C16H17Cl2NO2/c1-10-4-5-11(6-12(10)17)9-19-14-7-13(18)15(20-2)8-16(14)21-3/h4-8,19H,9H2,1-3H3. The van der Waals surface area contributed by atoms with Crippen LogP contribution in [0.1, 0.15) is 11.1 Å². The summed E-state index contributed by atoms with van der Waals surface area (Å²) in [5.74, 6) is 1.26. The Bertz CT molecular complexity index is 644. The van der Waals surface area contributed by atoms with Crippen molar-refractivity contribution >= 4 is 28.9 Å². The van der Waals surface area contributed by atoms with Gasteiger partial charge < -0.3 is 14.8 Å². The van der Waals surface area contributed by atoms with E-state index < -0.39 is 0 Å². The number of nitrogens with one attached hydrogen (secondary N) is 1. The summed E-state index contributed by atoms with van der Waals surface area (Å²) in [5.41, 5.74) is 2.95. The van der Waals surface area contributed by atoms with E-state index in [2.05, 4.69) is 5.32 Å². The molecule has 2 rings (SSSR count). The number of hydrogen-bond acceptors (Lipinski definition) is 3. The molecule has 1 N–H and O–H groups in total. The Morgan fingerprint density at radius 3 is 2.29 bits per heavy atom. The van der Waals surface area contributed by atoms with Gasteiger partial charge in [-0.25, -0.2) is 0 Å². The zero-order chi connectivity index (χ0) is 15.4. The van der Waals surface area contributed by atoms with Crippen LogP contribution in [0.4, 0.5) is 5.69 Å². The van der Waals surface area contributed by atoms with E-state index in [1.807, 2.05) is 25.1 Å². The van der Waals surface area contributed by atoms with Gasteiger partial charge in [-0.05, 0) is 30.2 Å². The van der Waals surface area contributed by atoms with Gasteiger partial charge in [0.1, 0.15) is 11.5 Å². The average molecular weight is 326 g/mol. The molecule has 5 heteroatoms. The molecule has 0 amide bonds. The summed E-state index contributed by atoms with van der Waals surface area (Å²) in [4.78, 5) is 0. The quantitative estimate of drug-likeness (QED) is 0.845. The molecule has 0 unspecified atom stereocenters. The van der Waals surface area contributed by atoms with Crippen molar-refractivity contribution in [1.82, 2.24) is 0 Å². The van der Waals surface area contributed by atoms with Crippen molar-refractivity contribution in [2.45, 2.75) is 13.5 Å². The Morgan fingerprint density at radius 2 is 1.67 bits per heavy atom. The molecule has 2 aromatic rings. The predicted octanol–water partition coefficient (Wildman–Crippen LogP) is 4.93. The first-order chi connectivity index (χ1) is 10.0. The molecule has 0 spiro atoms. The second-order valence-electron chi connectivity index (χ2n) is 4.62. The van der Waals surface area contributed by atoms with Gasteiger partial charge in [-0.3, -0.25) is 0 Å². The molecule has 0 aliphatic carbocycles. The van der Waals surface area contributed by atoms with Crippen molar-refractivity contribution < 1.29 is 9.47 Å². The van der Waals surface area contributed by atoms with E-state index >= 15 is 0 Å². The third kappa shape index (κ3) is 3.74. The van der Waals surface area contributed by atoms with E-state index in [0.29, 0.717) is 23.1 Å². The average Bonchev–Trinajstić information content (AvgIpc) is 2.48. The van der Waals surface area contributed by atoms with Gasteiger partial charge in [0.2, 0.25) is 0 Å². The van der Waals surface area contributed by atoms with Gasteiger partial charge in [-0.1, -0.05) is 35.3 Å². The highest BCUT2D eigenvalue weighted by Gasteiger charge is 2.10. The normalized spacial score (nSPS) is 10.3. The highest BCUT2D eigenvalue weighted by molar-refractivity contribution is 6.32. The summed E-state index contributed by atoms with van der Waals surface area (Å²) in [6.07, 6.45) is 0. The second kappa shape index (κ2) is 6.92. The molecule has 2 aromatic carbocycles. The van der Waals surface area contributed by atoms with E-state index in [1.54, 1.807) is 26.4 Å². The monoisotopic (exact) mass is 325 g/mol. The Balaban J connectivity index is 2.19. The largest absolute Gasteiger partial charge is 0.495 e. The smallest absolute Gasteiger partial charge is 0.145 e. The molecular formula is C16H17Cl2NO2. The van der Waals surface area contributed by atoms with Crippen molar-refractivity contribution in [1.29, 1.82) is 0 Å². The molecule has 0 aliphatic rings. The summed E-state index contributed by atoms with van der Waals surface area (Å²) < 4.78 is 10.5. The molecule has 0 aromatic heterocycles. The molecule has 0 atom stereocenters. The number of benzene rings is 2. The Labute approximate surface area is 134 Å². The lowest BCUT2D eigenvalue weighted by atomic mass is 10.1. The fourth-order valence-electron chi connectivity index (χ4n) is 1.94. The van der Waals surface area contributed by atoms with Gasteiger partial charge in [0.15, 0.2) is 0 Å². The van der Waals surface area contributed by atoms with Gasteiger partial charge >= 0.3 is 0 Å². The predicted molar refractivity (Wildman–Crippen MR) is 88.1 cm³/mol. The van der Waals surface area contributed by atoms with E-state index in [-0.39, 0.29) is 0 Å². The minimum absolute atomic E-state index is 0.530. The lowest BCUT2D eigenvalue weighted by Gasteiger charge is -2.14. The van der Waals surface area contributed by atoms with Crippen molar-refractivity contribution in [2.24, 2.45) is 0 Å². The molecule has 0 bridgehead atoms. The number of aryl methyl sites for hydroxylation is 1. The number of halogens is 2. The minimum atomic E-state index is 0.530. The van der Waals surface area contributed by atoms with Crippen molar-refractivity contribution in [2.75, 3.05) is 19.5 Å². The molecule has 0 radical (unpaired) electrons. The van der Waals surface area contributed by atoms with Gasteiger partial charge in [0.05, 0.1) is 24.9 Å². The van der Waals surface area contributed by atoms with E-state index in [1.165, 1.54) is 0 Å². The maximum Gasteiger partial charge on any atom is 0.145 e. The molecule has 0 aliphatic heterocycles. The van der Waals surface area contributed by atoms with Crippen molar-refractivity contribution in [3.8, 4) is 11.5 Å². The SMILES string of the molecule is COc1cc(OC)c(NCc2ccc(C)c(Cl)c2)cc1Cl. The van der Waals surface area contributed by atoms with E-state index in [0.717, 1.165) is 21.8 Å². The van der Waals surface area contributed by atoms with E-state index in [9.17, 15) is 0 Å². The van der Waals surface area contributed by atoms with Crippen molar-refractivity contribution in [3.63, 3.8) is 0 Å². The maximum atomic E-state index is 6.14. The van der Waals surface area contributed by atoms with Crippen molar-refractivity contribution in [3.05, 3.63) is 51.5 Å². The van der Waals surface area contributed by atoms with E-state index in [4.69, 9.17) is 32.7 Å². The fraction of sp³-hybridized carbons (Fsp3) is 0.250. The van der Waals surface area contributed by atoms with Crippen LogP contribution >= 0.6 is 23.2 Å². The van der Waals surface area contributed by atoms with Crippen LogP contribution in [-0.4, -0.2) is 14.2 Å². The van der Waals surface area contributed by atoms with Gasteiger partial charge in [0, 0.05) is 17.6 Å². The highest BCUT2D eigenvalue weighted by Crippen LogP contribution is 2.36. The van der Waals surface area contributed by atoms with Crippen LogP contribution in [0.25, 0.3) is 0 Å². The third-order valence-electron chi connectivity index (χ3n) is 3.19. The summed E-state index contributed by atoms with van der Waals surface area (Å²) in [6.45, 7) is 2.60. The lowest BCUT2D eigenvalue weighted by Crippen LogP contribution is -2.02. The fourth-order valence-corrected chi connectivity index (χ4v) is 2.39. The van der Waals surface area contributed by atoms with Crippen LogP contribution in [0.5, 0.6) is 11.5 Å². The summed E-state index contributed by atoms with van der Waals surface area (Å²) in [7, 11) is 3.18. The zero-order valence-electron chi connectivity index (χ0n) is 12.2. The molecule has 0 saturated carbocycles. The minimum Gasteiger partial charge on any atom is -0.495 e. The molecule has 0 fully saturated rings. The first-order valence-corrected chi connectivity index (χ1v) is 7.21. The number of hydrogen-bond donors (Lipinski definition) is 1. The maximum absolute atomic E-state index is 6.14. The Hall–Kier alpha value is -1.58. The van der Waals surface area contributed by atoms with Crippen LogP contribution in [0.3, 0.4) is 0 Å². The molecule has 0 heterocycles. The summed E-state index contributed by atoms with van der Waals surface area (Å²) in [5, 5.41) is 4.58. The molecule has 3 nitrogen and oxygen atoms in total. The van der Waals surface area contributed by atoms with Gasteiger partial charge in [0.25, 0.3) is 0 Å². The molecule has 112 valence electrons. The first-order valence-electron chi connectivity index (χ1n) is 6.45. The third-order valence-corrected chi connectivity index (χ3v) is 3.90. The Morgan fingerprint density at radius 1 is 0.952 bits per heavy atom. The molecule has 0 saturated heterocycles. The molecular weight excluding hydrogens is 309 g/mol. The van der Waals surface area contributed by atoms with Crippen LogP contribution in [0.15, 0.2) is 30.3 Å². The highest BCUT2D eigenvalue weighted by atomic mass is 35.5. The zero-order valence-corrected chi connectivity index (χ0v) is 13.7. The number of methoxy groups -OCH3 is 2. The number of anilines is 1. The van der Waals surface area contributed by atoms with Gasteiger partial charge in [-0.2, -0.15) is 0 Å². The second-order valence-corrected chi connectivity index (χ2v) is 5.44. The summed E-state index contributed by atoms with van der Waals surface area (Å²) >= 11 is 12.3. The van der Waals surface area contributed by atoms with Crippen LogP contribution < -0.4 is 14.8 Å². The number of ether oxygens (including phenoxy) is 2.